The molecule has 0 saturated carbocycles. The van der Waals surface area contributed by atoms with Crippen LogP contribution in [-0.4, -0.2) is 47.2 Å². The zero-order valence-electron chi connectivity index (χ0n) is 14.9. The van der Waals surface area contributed by atoms with Crippen molar-refractivity contribution in [1.29, 1.82) is 0 Å². The van der Waals surface area contributed by atoms with E-state index >= 15 is 0 Å². The summed E-state index contributed by atoms with van der Waals surface area (Å²) in [5, 5.41) is 2.77. The van der Waals surface area contributed by atoms with Crippen LogP contribution < -0.4 is 19.7 Å². The first-order valence-electron chi connectivity index (χ1n) is 8.71. The molecule has 2 aliphatic heterocycles. The molecule has 1 amide bonds. The van der Waals surface area contributed by atoms with Crippen molar-refractivity contribution >= 4 is 11.7 Å². The van der Waals surface area contributed by atoms with Crippen molar-refractivity contribution in [3.05, 3.63) is 35.4 Å². The highest BCUT2D eigenvalue weighted by Crippen LogP contribution is 2.26. The summed E-state index contributed by atoms with van der Waals surface area (Å²) in [6.45, 7) is 4.03. The first-order valence-corrected chi connectivity index (χ1v) is 8.71. The number of aromatic nitrogens is 3. The van der Waals surface area contributed by atoms with E-state index in [4.69, 9.17) is 9.47 Å². The van der Waals surface area contributed by atoms with E-state index in [1.165, 1.54) is 0 Å². The van der Waals surface area contributed by atoms with E-state index in [1.807, 2.05) is 13.0 Å². The summed E-state index contributed by atoms with van der Waals surface area (Å²) in [4.78, 5) is 27.2. The van der Waals surface area contributed by atoms with E-state index in [2.05, 4.69) is 25.2 Å². The Kier molecular flexibility index (Phi) is 4.32. The molecule has 1 N–H and O–H groups in total. The molecule has 26 heavy (non-hydrogen) atoms. The number of nitrogens with one attached hydrogen (secondary N) is 1. The summed E-state index contributed by atoms with van der Waals surface area (Å²) in [5.41, 5.74) is 1.98. The minimum Gasteiger partial charge on any atom is -0.489 e. The molecule has 2 aromatic heterocycles. The summed E-state index contributed by atoms with van der Waals surface area (Å²) in [6.07, 6.45) is 3.61. The molecule has 2 aromatic rings. The first-order chi connectivity index (χ1) is 12.6. The first kappa shape index (κ1) is 16.6. The molecule has 136 valence electrons. The molecule has 0 aromatic carbocycles. The van der Waals surface area contributed by atoms with Gasteiger partial charge in [-0.1, -0.05) is 0 Å². The molecule has 4 heterocycles. The van der Waals surface area contributed by atoms with Gasteiger partial charge in [-0.15, -0.1) is 0 Å². The van der Waals surface area contributed by atoms with Gasteiger partial charge < -0.3 is 19.7 Å². The molecule has 0 spiro atoms. The van der Waals surface area contributed by atoms with Gasteiger partial charge in [-0.05, 0) is 13.0 Å². The summed E-state index contributed by atoms with van der Waals surface area (Å²) >= 11 is 0. The topological polar surface area (TPSA) is 89.5 Å². The third-order valence-electron chi connectivity index (χ3n) is 4.71. The summed E-state index contributed by atoms with van der Waals surface area (Å²) < 4.78 is 11.1. The van der Waals surface area contributed by atoms with E-state index in [9.17, 15) is 4.79 Å². The van der Waals surface area contributed by atoms with Gasteiger partial charge in [0.25, 0.3) is 5.91 Å². The van der Waals surface area contributed by atoms with Crippen LogP contribution in [0.4, 0.5) is 5.82 Å². The molecule has 8 heteroatoms. The van der Waals surface area contributed by atoms with Crippen molar-refractivity contribution in [2.24, 2.45) is 0 Å². The van der Waals surface area contributed by atoms with E-state index in [1.54, 1.807) is 19.4 Å². The highest BCUT2D eigenvalue weighted by Gasteiger charge is 2.27. The number of methoxy groups -OCH3 is 1. The van der Waals surface area contributed by atoms with E-state index < -0.39 is 0 Å². The molecule has 4 rings (SSSR count). The van der Waals surface area contributed by atoms with Crippen molar-refractivity contribution in [1.82, 2.24) is 20.3 Å². The molecular weight excluding hydrogens is 334 g/mol. The maximum Gasteiger partial charge on any atom is 0.272 e. The predicted octanol–water partition coefficient (Wildman–Crippen LogP) is 1.48. The highest BCUT2D eigenvalue weighted by molar-refractivity contribution is 5.96. The lowest BCUT2D eigenvalue weighted by Crippen LogP contribution is -2.39. The van der Waals surface area contributed by atoms with Crippen LogP contribution in [0.3, 0.4) is 0 Å². The number of anilines is 1. The van der Waals surface area contributed by atoms with Gasteiger partial charge in [0.15, 0.2) is 5.69 Å². The maximum atomic E-state index is 11.7. The van der Waals surface area contributed by atoms with Crippen LogP contribution in [-0.2, 0) is 6.54 Å². The Labute approximate surface area is 151 Å². The number of ether oxygens (including phenoxy) is 2. The minimum atomic E-state index is -0.137. The zero-order valence-corrected chi connectivity index (χ0v) is 14.9. The van der Waals surface area contributed by atoms with E-state index in [0.29, 0.717) is 18.1 Å². The standard InChI is InChI=1S/C18H21N5O3/c1-11-17(22-14-10-20-18(24)16(14)21-11)23-7-5-12(6-8-23)26-13-3-4-15(25-2)19-9-13/h3-4,9,12H,5-8,10H2,1-2H3,(H,20,24). The van der Waals surface area contributed by atoms with Crippen molar-refractivity contribution in [3.63, 3.8) is 0 Å². The van der Waals surface area contributed by atoms with Crippen molar-refractivity contribution in [2.45, 2.75) is 32.4 Å². The molecule has 1 saturated heterocycles. The Morgan fingerprint density at radius 2 is 2.04 bits per heavy atom. The number of amides is 1. The Morgan fingerprint density at radius 3 is 2.73 bits per heavy atom. The van der Waals surface area contributed by atoms with Gasteiger partial charge in [0.2, 0.25) is 5.88 Å². The van der Waals surface area contributed by atoms with E-state index in [-0.39, 0.29) is 12.0 Å². The summed E-state index contributed by atoms with van der Waals surface area (Å²) in [7, 11) is 1.59. The number of aryl methyl sites for hydroxylation is 1. The predicted molar refractivity (Wildman–Crippen MR) is 94.6 cm³/mol. The number of nitrogens with zero attached hydrogens (tertiary/aromatic N) is 4. The Bertz CT molecular complexity index is 816. The number of carbonyl (C=O) groups excluding carboxylic acids is 1. The van der Waals surface area contributed by atoms with Crippen molar-refractivity contribution in [3.8, 4) is 11.6 Å². The molecule has 0 aliphatic carbocycles. The third-order valence-corrected chi connectivity index (χ3v) is 4.71. The number of piperidine rings is 1. The number of rotatable bonds is 4. The molecular formula is C18H21N5O3. The van der Waals surface area contributed by atoms with Gasteiger partial charge in [-0.25, -0.2) is 15.0 Å². The lowest BCUT2D eigenvalue weighted by Gasteiger charge is -2.33. The van der Waals surface area contributed by atoms with Crippen LogP contribution in [0.1, 0.15) is 34.7 Å². The molecule has 8 nitrogen and oxygen atoms in total. The fourth-order valence-corrected chi connectivity index (χ4v) is 3.33. The number of carbonyl (C=O) groups is 1. The largest absolute Gasteiger partial charge is 0.489 e. The van der Waals surface area contributed by atoms with Crippen molar-refractivity contribution < 1.29 is 14.3 Å². The monoisotopic (exact) mass is 355 g/mol. The van der Waals surface area contributed by atoms with Gasteiger partial charge in [-0.2, -0.15) is 0 Å². The molecule has 0 radical (unpaired) electrons. The van der Waals surface area contributed by atoms with Crippen LogP contribution in [0.25, 0.3) is 0 Å². The van der Waals surface area contributed by atoms with Crippen LogP contribution in [0, 0.1) is 6.92 Å². The average Bonchev–Trinajstić information content (AvgIpc) is 3.02. The van der Waals surface area contributed by atoms with Crippen molar-refractivity contribution in [2.75, 3.05) is 25.1 Å². The Balaban J connectivity index is 1.40. The number of fused-ring (bicyclic) bond motifs is 1. The van der Waals surface area contributed by atoms with Crippen LogP contribution in [0.15, 0.2) is 18.3 Å². The van der Waals surface area contributed by atoms with Gasteiger partial charge >= 0.3 is 0 Å². The zero-order chi connectivity index (χ0) is 18.1. The Morgan fingerprint density at radius 1 is 1.23 bits per heavy atom. The van der Waals surface area contributed by atoms with Gasteiger partial charge in [0.05, 0.1) is 31.2 Å². The van der Waals surface area contributed by atoms with Crippen LogP contribution in [0.5, 0.6) is 11.6 Å². The Hall–Kier alpha value is -2.90. The van der Waals surface area contributed by atoms with Gasteiger partial charge in [-0.3, -0.25) is 4.79 Å². The third kappa shape index (κ3) is 3.14. The second-order valence-electron chi connectivity index (χ2n) is 6.45. The van der Waals surface area contributed by atoms with Crippen LogP contribution in [0.2, 0.25) is 0 Å². The van der Waals surface area contributed by atoms with Gasteiger partial charge in [0, 0.05) is 32.0 Å². The molecule has 0 unspecified atom stereocenters. The lowest BCUT2D eigenvalue weighted by molar-refractivity contribution is 0.0961. The summed E-state index contributed by atoms with van der Waals surface area (Å²) in [6, 6.07) is 3.67. The van der Waals surface area contributed by atoms with E-state index in [0.717, 1.165) is 48.9 Å². The van der Waals surface area contributed by atoms with Gasteiger partial charge in [0.1, 0.15) is 17.7 Å². The molecule has 0 bridgehead atoms. The molecule has 2 aliphatic rings. The quantitative estimate of drug-likeness (QED) is 0.888. The maximum absolute atomic E-state index is 11.7. The SMILES string of the molecule is COc1ccc(OC2CCN(c3nc4c(nc3C)C(=O)NC4)CC2)cn1. The minimum absolute atomic E-state index is 0.137. The summed E-state index contributed by atoms with van der Waals surface area (Å²) in [5.74, 6) is 2.06. The highest BCUT2D eigenvalue weighted by atomic mass is 16.5. The smallest absolute Gasteiger partial charge is 0.272 e. The fraction of sp³-hybridized carbons (Fsp3) is 0.444. The number of pyridine rings is 1. The lowest BCUT2D eigenvalue weighted by atomic mass is 10.1. The fourth-order valence-electron chi connectivity index (χ4n) is 3.33. The van der Waals surface area contributed by atoms with Crippen LogP contribution >= 0.6 is 0 Å². The second-order valence-corrected chi connectivity index (χ2v) is 6.45. The average molecular weight is 355 g/mol. The molecule has 1 fully saturated rings. The normalized spacial score (nSPS) is 17.0. The number of hydrogen-bond donors (Lipinski definition) is 1. The molecule has 0 atom stereocenters. The second kappa shape index (κ2) is 6.78. The number of hydrogen-bond acceptors (Lipinski definition) is 7.